The van der Waals surface area contributed by atoms with Gasteiger partial charge in [0.2, 0.25) is 0 Å². The molecule has 170 valence electrons. The Morgan fingerprint density at radius 2 is 1.73 bits per heavy atom. The minimum atomic E-state index is -1.04. The number of benzene rings is 2. The highest BCUT2D eigenvalue weighted by atomic mass is 16.5. The van der Waals surface area contributed by atoms with Gasteiger partial charge in [-0.2, -0.15) is 0 Å². The first-order chi connectivity index (χ1) is 15.9. The molecule has 1 atom stereocenters. The third-order valence-corrected chi connectivity index (χ3v) is 5.72. The number of para-hydroxylation sites is 2. The lowest BCUT2D eigenvalue weighted by Crippen LogP contribution is -2.32. The van der Waals surface area contributed by atoms with Crippen LogP contribution in [0.2, 0.25) is 0 Å². The van der Waals surface area contributed by atoms with E-state index in [4.69, 9.17) is 4.74 Å². The number of ether oxygens (including phenoxy) is 1. The summed E-state index contributed by atoms with van der Waals surface area (Å²) in [5.74, 6) is -1.04. The third-order valence-electron chi connectivity index (χ3n) is 5.72. The molecule has 0 radical (unpaired) electrons. The number of fused-ring (bicyclic) bond motifs is 1. The fraction of sp³-hybridized carbons (Fsp3) is 0.240. The lowest BCUT2D eigenvalue weighted by atomic mass is 10.2. The van der Waals surface area contributed by atoms with E-state index in [9.17, 15) is 14.4 Å². The maximum Gasteiger partial charge on any atom is 0.308 e. The van der Waals surface area contributed by atoms with Crippen molar-refractivity contribution in [3.63, 3.8) is 0 Å². The number of aromatic nitrogens is 3. The zero-order valence-corrected chi connectivity index (χ0v) is 18.8. The molecule has 2 aromatic carbocycles. The first-order valence-electron chi connectivity index (χ1n) is 10.7. The van der Waals surface area contributed by atoms with Crippen molar-refractivity contribution in [1.82, 2.24) is 13.9 Å². The van der Waals surface area contributed by atoms with E-state index in [1.807, 2.05) is 71.4 Å². The van der Waals surface area contributed by atoms with Crippen molar-refractivity contribution < 1.29 is 14.3 Å². The van der Waals surface area contributed by atoms with E-state index >= 15 is 0 Å². The molecule has 4 rings (SSSR count). The number of carbonyl (C=O) groups is 2. The quantitative estimate of drug-likeness (QED) is 0.441. The topological polar surface area (TPSA) is 87.3 Å². The largest absolute Gasteiger partial charge is 0.452 e. The zero-order chi connectivity index (χ0) is 23.5. The van der Waals surface area contributed by atoms with Crippen molar-refractivity contribution in [2.24, 2.45) is 7.05 Å². The number of nitrogens with zero attached hydrogens (tertiary/aromatic N) is 3. The van der Waals surface area contributed by atoms with Crippen molar-refractivity contribution in [3.05, 3.63) is 82.9 Å². The predicted octanol–water partition coefficient (Wildman–Crippen LogP) is 3.40. The van der Waals surface area contributed by atoms with Crippen LogP contribution in [0.3, 0.4) is 0 Å². The summed E-state index contributed by atoms with van der Waals surface area (Å²) in [6, 6.07) is 19.0. The number of hydrogen-bond acceptors (Lipinski definition) is 4. The molecule has 1 amide bonds. The molecule has 0 aliphatic heterocycles. The van der Waals surface area contributed by atoms with E-state index in [0.717, 1.165) is 10.9 Å². The molecule has 0 spiro atoms. The molecule has 1 unspecified atom stereocenters. The second kappa shape index (κ2) is 9.20. The lowest BCUT2D eigenvalue weighted by Gasteiger charge is -2.13. The van der Waals surface area contributed by atoms with Gasteiger partial charge in [-0.25, -0.2) is 4.68 Å². The molecule has 4 aromatic rings. The lowest BCUT2D eigenvalue weighted by molar-refractivity contribution is -0.153. The number of amides is 1. The maximum atomic E-state index is 12.9. The summed E-state index contributed by atoms with van der Waals surface area (Å²) in [7, 11) is 1.74. The van der Waals surface area contributed by atoms with Gasteiger partial charge in [0, 0.05) is 25.3 Å². The van der Waals surface area contributed by atoms with E-state index in [0.29, 0.717) is 17.9 Å². The highest BCUT2D eigenvalue weighted by Gasteiger charge is 2.23. The van der Waals surface area contributed by atoms with E-state index in [-0.39, 0.29) is 17.7 Å². The van der Waals surface area contributed by atoms with Crippen LogP contribution in [0.15, 0.2) is 71.7 Å². The van der Waals surface area contributed by atoms with E-state index in [1.54, 1.807) is 18.7 Å². The highest BCUT2D eigenvalue weighted by molar-refractivity contribution is 5.95. The molecule has 2 heterocycles. The zero-order valence-electron chi connectivity index (χ0n) is 18.8. The monoisotopic (exact) mass is 446 g/mol. The van der Waals surface area contributed by atoms with Crippen LogP contribution in [0.4, 0.5) is 5.69 Å². The normalized spacial score (nSPS) is 12.0. The third kappa shape index (κ3) is 4.45. The van der Waals surface area contributed by atoms with Gasteiger partial charge in [-0.05, 0) is 43.5 Å². The van der Waals surface area contributed by atoms with Gasteiger partial charge in [0.25, 0.3) is 11.5 Å². The summed E-state index contributed by atoms with van der Waals surface area (Å²) in [6.45, 7) is 3.68. The van der Waals surface area contributed by atoms with Gasteiger partial charge in [0.1, 0.15) is 5.69 Å². The Kier molecular flexibility index (Phi) is 6.17. The first kappa shape index (κ1) is 22.1. The average Bonchev–Trinajstić information content (AvgIpc) is 3.32. The smallest absolute Gasteiger partial charge is 0.308 e. The summed E-state index contributed by atoms with van der Waals surface area (Å²) in [4.78, 5) is 37.9. The molecular formula is C25H26N4O4. The Bertz CT molecular complexity index is 1360. The molecule has 8 heteroatoms. The molecule has 0 saturated heterocycles. The van der Waals surface area contributed by atoms with Gasteiger partial charge in [0.05, 0.1) is 17.8 Å². The van der Waals surface area contributed by atoms with E-state index < -0.39 is 18.0 Å². The van der Waals surface area contributed by atoms with Crippen LogP contribution >= 0.6 is 0 Å². The van der Waals surface area contributed by atoms with Crippen LogP contribution in [-0.4, -0.2) is 31.9 Å². The number of rotatable bonds is 7. The number of nitrogens with one attached hydrogen (secondary N) is 1. The molecule has 2 aromatic heterocycles. The van der Waals surface area contributed by atoms with Crippen molar-refractivity contribution in [1.29, 1.82) is 0 Å². The maximum absolute atomic E-state index is 12.9. The van der Waals surface area contributed by atoms with Gasteiger partial charge < -0.3 is 14.6 Å². The average molecular weight is 447 g/mol. The van der Waals surface area contributed by atoms with Crippen LogP contribution in [0.25, 0.3) is 16.6 Å². The number of hydrogen-bond donors (Lipinski definition) is 1. The van der Waals surface area contributed by atoms with Crippen molar-refractivity contribution in [2.75, 3.05) is 5.32 Å². The van der Waals surface area contributed by atoms with Gasteiger partial charge in [-0.3, -0.25) is 19.1 Å². The number of anilines is 1. The summed E-state index contributed by atoms with van der Waals surface area (Å²) in [5.41, 5.74) is 2.12. The fourth-order valence-corrected chi connectivity index (χ4v) is 3.79. The molecule has 0 fully saturated rings. The van der Waals surface area contributed by atoms with Crippen LogP contribution in [-0.2, 0) is 27.9 Å². The highest BCUT2D eigenvalue weighted by Crippen LogP contribution is 2.16. The van der Waals surface area contributed by atoms with E-state index in [1.165, 1.54) is 11.6 Å². The van der Waals surface area contributed by atoms with Crippen molar-refractivity contribution in [2.45, 2.75) is 32.9 Å². The minimum Gasteiger partial charge on any atom is -0.452 e. The molecule has 0 aliphatic rings. The van der Waals surface area contributed by atoms with Crippen LogP contribution in [0.1, 0.15) is 19.0 Å². The van der Waals surface area contributed by atoms with Gasteiger partial charge in [-0.15, -0.1) is 0 Å². The number of carbonyl (C=O) groups excluding carboxylic acids is 2. The van der Waals surface area contributed by atoms with Crippen LogP contribution in [0.5, 0.6) is 0 Å². The molecule has 1 N–H and O–H groups in total. The summed E-state index contributed by atoms with van der Waals surface area (Å²) < 4.78 is 10.4. The number of aryl methyl sites for hydroxylation is 1. The first-order valence-corrected chi connectivity index (χ1v) is 10.7. The van der Waals surface area contributed by atoms with Gasteiger partial charge in [0.15, 0.2) is 6.10 Å². The molecular weight excluding hydrogens is 420 g/mol. The van der Waals surface area contributed by atoms with Gasteiger partial charge in [-0.1, -0.05) is 36.4 Å². The van der Waals surface area contributed by atoms with Gasteiger partial charge >= 0.3 is 5.97 Å². The molecule has 0 saturated carbocycles. The molecule has 33 heavy (non-hydrogen) atoms. The Balaban J connectivity index is 1.40. The minimum absolute atomic E-state index is 0.126. The Morgan fingerprint density at radius 3 is 2.48 bits per heavy atom. The van der Waals surface area contributed by atoms with E-state index in [2.05, 4.69) is 5.32 Å². The molecule has 0 aliphatic carbocycles. The summed E-state index contributed by atoms with van der Waals surface area (Å²) in [6.07, 6.45) is 1.01. The second-order valence-electron chi connectivity index (χ2n) is 7.88. The SMILES string of the molecule is Cc1c(NC(=O)C(C)OC(=O)CCn2ccc3ccccc32)c(=O)n(-c2ccccc2)n1C. The standard InChI is InChI=1S/C25H26N4O4/c1-17-23(25(32)29(27(17)3)20-10-5-4-6-11-20)26-24(31)18(2)33-22(30)14-16-28-15-13-19-9-7-8-12-21(19)28/h4-13,15,18H,14,16H2,1-3H3,(H,26,31). The van der Waals surface area contributed by atoms with Crippen molar-refractivity contribution in [3.8, 4) is 5.69 Å². The Labute approximate surface area is 191 Å². The summed E-state index contributed by atoms with van der Waals surface area (Å²) >= 11 is 0. The Hall–Kier alpha value is -4.07. The summed E-state index contributed by atoms with van der Waals surface area (Å²) in [5, 5.41) is 3.73. The van der Waals surface area contributed by atoms with Crippen LogP contribution < -0.4 is 10.9 Å². The van der Waals surface area contributed by atoms with Crippen molar-refractivity contribution >= 4 is 28.5 Å². The molecule has 8 nitrogen and oxygen atoms in total. The fourth-order valence-electron chi connectivity index (χ4n) is 3.79. The van der Waals surface area contributed by atoms with Crippen LogP contribution in [0, 0.1) is 6.92 Å². The Morgan fingerprint density at radius 1 is 1.03 bits per heavy atom. The second-order valence-corrected chi connectivity index (χ2v) is 7.88. The number of esters is 1. The molecule has 0 bridgehead atoms. The predicted molar refractivity (Wildman–Crippen MR) is 126 cm³/mol.